The average Bonchev–Trinajstić information content (AvgIpc) is 2.27. The van der Waals surface area contributed by atoms with E-state index in [1.54, 1.807) is 0 Å². The molecule has 1 nitrogen and oxygen atoms in total. The highest BCUT2D eigenvalue weighted by Crippen LogP contribution is 2.15. The second-order valence-corrected chi connectivity index (χ2v) is 3.37. The van der Waals surface area contributed by atoms with Gasteiger partial charge in [-0.3, -0.25) is 0 Å². The monoisotopic (exact) mass is 269 g/mol. The number of H-pyrrole nitrogens is 1. The molecule has 0 saturated heterocycles. The molecule has 0 amide bonds. The van der Waals surface area contributed by atoms with Gasteiger partial charge in [0.2, 0.25) is 0 Å². The van der Waals surface area contributed by atoms with Crippen LogP contribution in [0, 0.1) is 3.70 Å². The zero-order valence-electron chi connectivity index (χ0n) is 5.26. The number of benzene rings is 1. The maximum absolute atomic E-state index is 3.25. The van der Waals surface area contributed by atoms with Crippen LogP contribution in [0.2, 0.25) is 0 Å². The van der Waals surface area contributed by atoms with Gasteiger partial charge in [-0.25, -0.2) is 0 Å². The maximum Gasteiger partial charge on any atom is 0.316 e. The van der Waals surface area contributed by atoms with Crippen molar-refractivity contribution < 1.29 is 0 Å². The van der Waals surface area contributed by atoms with Gasteiger partial charge in [-0.2, -0.15) is 0 Å². The van der Waals surface area contributed by atoms with Crippen LogP contribution in [0.5, 0.6) is 0 Å². The van der Waals surface area contributed by atoms with Crippen LogP contribution in [-0.4, -0.2) is 28.0 Å². The molecule has 1 N–H and O–H groups in total. The summed E-state index contributed by atoms with van der Waals surface area (Å²) in [7, 11) is 0. The lowest BCUT2D eigenvalue weighted by Gasteiger charge is -1.83. The van der Waals surface area contributed by atoms with E-state index in [1.165, 1.54) is 14.6 Å². The van der Waals surface area contributed by atoms with Gasteiger partial charge in [-0.1, -0.05) is 18.2 Å². The fourth-order valence-corrected chi connectivity index (χ4v) is 1.66. The molecule has 0 radical (unpaired) electrons. The van der Waals surface area contributed by atoms with E-state index in [-0.39, 0.29) is 23.1 Å². The predicted molar refractivity (Wildman–Crippen MR) is 59.6 cm³/mol. The van der Waals surface area contributed by atoms with Crippen LogP contribution in [0.3, 0.4) is 0 Å². The second kappa shape index (κ2) is 3.78. The standard InChI is InChI=1S/C8H6IN.Mg.2H/c9-8-5-6-3-1-2-4-7(6)10-8;;;/h1-5,10H;;;. The van der Waals surface area contributed by atoms with E-state index in [0.29, 0.717) is 0 Å². The van der Waals surface area contributed by atoms with E-state index >= 15 is 0 Å². The van der Waals surface area contributed by atoms with Crippen molar-refractivity contribution in [3.8, 4) is 0 Å². The SMILES string of the molecule is Ic1cc2ccccc2[nH]1.[MgH2]. The molecule has 1 aromatic carbocycles. The molecule has 0 atom stereocenters. The van der Waals surface area contributed by atoms with Crippen LogP contribution in [-0.2, 0) is 0 Å². The molecular weight excluding hydrogens is 261 g/mol. The van der Waals surface area contributed by atoms with Gasteiger partial charge in [-0.05, 0) is 34.7 Å². The van der Waals surface area contributed by atoms with E-state index in [4.69, 9.17) is 0 Å². The smallest absolute Gasteiger partial charge is 0.316 e. The average molecular weight is 269 g/mol. The Labute approximate surface area is 94.9 Å². The fourth-order valence-electron chi connectivity index (χ4n) is 1.04. The van der Waals surface area contributed by atoms with Crippen molar-refractivity contribution in [2.24, 2.45) is 0 Å². The Morgan fingerprint density at radius 3 is 2.64 bits per heavy atom. The minimum atomic E-state index is 0. The third-order valence-electron chi connectivity index (χ3n) is 1.50. The molecule has 1 aromatic heterocycles. The molecule has 0 aliphatic rings. The van der Waals surface area contributed by atoms with E-state index < -0.39 is 0 Å². The van der Waals surface area contributed by atoms with Crippen LogP contribution in [0.25, 0.3) is 10.9 Å². The quantitative estimate of drug-likeness (QED) is 0.555. The summed E-state index contributed by atoms with van der Waals surface area (Å²) in [6, 6.07) is 10.4. The number of nitrogens with one attached hydrogen (secondary N) is 1. The van der Waals surface area contributed by atoms with Crippen molar-refractivity contribution in [3.63, 3.8) is 0 Å². The number of para-hydroxylation sites is 1. The number of rotatable bonds is 0. The first kappa shape index (κ1) is 9.35. The second-order valence-electron chi connectivity index (χ2n) is 2.20. The van der Waals surface area contributed by atoms with Crippen LogP contribution < -0.4 is 0 Å². The van der Waals surface area contributed by atoms with E-state index in [9.17, 15) is 0 Å². The van der Waals surface area contributed by atoms with Crippen LogP contribution in [0.1, 0.15) is 0 Å². The summed E-state index contributed by atoms with van der Waals surface area (Å²) in [5.74, 6) is 0. The van der Waals surface area contributed by atoms with Gasteiger partial charge in [0.25, 0.3) is 0 Å². The molecule has 1 heterocycles. The summed E-state index contributed by atoms with van der Waals surface area (Å²) in [6.07, 6.45) is 0. The van der Waals surface area contributed by atoms with Gasteiger partial charge in [0.1, 0.15) is 0 Å². The number of halogens is 1. The normalized spacial score (nSPS) is 9.55. The molecular formula is C8H8IMgN. The molecule has 0 unspecified atom stereocenters. The van der Waals surface area contributed by atoms with E-state index in [2.05, 4.69) is 45.8 Å². The first-order valence-corrected chi connectivity index (χ1v) is 4.17. The summed E-state index contributed by atoms with van der Waals surface area (Å²) in [4.78, 5) is 3.25. The van der Waals surface area contributed by atoms with Gasteiger partial charge in [0.15, 0.2) is 0 Å². The molecule has 0 spiro atoms. The predicted octanol–water partition coefficient (Wildman–Crippen LogP) is 1.86. The third-order valence-corrected chi connectivity index (χ3v) is 2.08. The van der Waals surface area contributed by atoms with Gasteiger partial charge < -0.3 is 4.98 Å². The number of fused-ring (bicyclic) bond motifs is 1. The van der Waals surface area contributed by atoms with Crippen LogP contribution in [0.4, 0.5) is 0 Å². The first-order valence-electron chi connectivity index (χ1n) is 3.09. The summed E-state index contributed by atoms with van der Waals surface area (Å²) in [6.45, 7) is 0. The zero-order chi connectivity index (χ0) is 6.97. The van der Waals surface area contributed by atoms with E-state index in [1.807, 2.05) is 12.1 Å². The number of hydrogen-bond acceptors (Lipinski definition) is 0. The molecule has 11 heavy (non-hydrogen) atoms. The third kappa shape index (κ3) is 1.89. The van der Waals surface area contributed by atoms with Crippen molar-refractivity contribution in [1.29, 1.82) is 0 Å². The number of aromatic nitrogens is 1. The van der Waals surface area contributed by atoms with Crippen molar-refractivity contribution >= 4 is 56.5 Å². The Kier molecular flexibility index (Phi) is 3.21. The molecule has 0 aliphatic heterocycles. The molecule has 0 bridgehead atoms. The van der Waals surface area contributed by atoms with Crippen molar-refractivity contribution in [2.75, 3.05) is 0 Å². The molecule has 54 valence electrons. The lowest BCUT2D eigenvalue weighted by molar-refractivity contribution is 1.41. The number of hydrogen-bond donors (Lipinski definition) is 1. The molecule has 0 aliphatic carbocycles. The number of aromatic amines is 1. The zero-order valence-corrected chi connectivity index (χ0v) is 7.42. The van der Waals surface area contributed by atoms with Gasteiger partial charge in [0, 0.05) is 10.9 Å². The molecule has 3 heteroatoms. The maximum atomic E-state index is 3.25. The summed E-state index contributed by atoms with van der Waals surface area (Å²) < 4.78 is 1.19. The van der Waals surface area contributed by atoms with Crippen molar-refractivity contribution in [3.05, 3.63) is 34.0 Å². The Morgan fingerprint density at radius 2 is 1.91 bits per heavy atom. The minimum absolute atomic E-state index is 0. The lowest BCUT2D eigenvalue weighted by Crippen LogP contribution is -1.64. The van der Waals surface area contributed by atoms with E-state index in [0.717, 1.165) is 0 Å². The highest BCUT2D eigenvalue weighted by Gasteiger charge is 1.93. The Morgan fingerprint density at radius 1 is 1.18 bits per heavy atom. The first-order chi connectivity index (χ1) is 4.86. The highest BCUT2D eigenvalue weighted by molar-refractivity contribution is 14.1. The molecule has 2 rings (SSSR count). The Balaban J connectivity index is 0.000000605. The van der Waals surface area contributed by atoms with Crippen molar-refractivity contribution in [1.82, 2.24) is 4.98 Å². The van der Waals surface area contributed by atoms with Gasteiger partial charge in [0.05, 0.1) is 3.70 Å². The van der Waals surface area contributed by atoms with Crippen LogP contribution >= 0.6 is 22.6 Å². The lowest BCUT2D eigenvalue weighted by atomic mass is 10.3. The fraction of sp³-hybridized carbons (Fsp3) is 0. The van der Waals surface area contributed by atoms with Crippen molar-refractivity contribution in [2.45, 2.75) is 0 Å². The van der Waals surface area contributed by atoms with Gasteiger partial charge in [-0.15, -0.1) is 0 Å². The molecule has 0 fully saturated rings. The minimum Gasteiger partial charge on any atom is -0.350 e. The summed E-state index contributed by atoms with van der Waals surface area (Å²) >= 11 is 2.28. The summed E-state index contributed by atoms with van der Waals surface area (Å²) in [5.41, 5.74) is 1.21. The summed E-state index contributed by atoms with van der Waals surface area (Å²) in [5, 5.41) is 1.28. The van der Waals surface area contributed by atoms with Gasteiger partial charge >= 0.3 is 23.1 Å². The Hall–Kier alpha value is 0.256. The van der Waals surface area contributed by atoms with Crippen LogP contribution in [0.15, 0.2) is 30.3 Å². The molecule has 0 saturated carbocycles. The molecule has 2 aromatic rings. The highest BCUT2D eigenvalue weighted by atomic mass is 127. The Bertz CT molecular complexity index is 323. The topological polar surface area (TPSA) is 15.8 Å². The largest absolute Gasteiger partial charge is 0.350 e.